The first-order chi connectivity index (χ1) is 14.8. The summed E-state index contributed by atoms with van der Waals surface area (Å²) < 4.78 is 32.0. The van der Waals surface area contributed by atoms with Crippen LogP contribution in [0.25, 0.3) is 0 Å². The van der Waals surface area contributed by atoms with Gasteiger partial charge in [-0.25, -0.2) is 8.42 Å². The second kappa shape index (κ2) is 11.7. The van der Waals surface area contributed by atoms with Gasteiger partial charge in [-0.1, -0.05) is 49.7 Å². The van der Waals surface area contributed by atoms with E-state index in [4.69, 9.17) is 4.74 Å². The number of sulfonamides is 1. The standard InChI is InChI=1S/C24H34N2O4S/c1-5-18-30-23-12-8-7-10-20(23)11-9-17-25-24(27)22(6-2)26(31(4,28)29)21-15-13-19(3)14-16-21/h7-8,10,12-16,22H,5-6,9,11,17-18H2,1-4H3,(H,25,27)/t22-/m0/s1. The number of hydrogen-bond acceptors (Lipinski definition) is 4. The third-order valence-electron chi connectivity index (χ3n) is 4.97. The molecule has 0 aliphatic carbocycles. The molecule has 0 aromatic heterocycles. The van der Waals surface area contributed by atoms with E-state index in [1.54, 1.807) is 12.1 Å². The van der Waals surface area contributed by atoms with Gasteiger partial charge >= 0.3 is 0 Å². The Labute approximate surface area is 186 Å². The minimum Gasteiger partial charge on any atom is -0.493 e. The van der Waals surface area contributed by atoms with Crippen molar-refractivity contribution >= 4 is 21.6 Å². The zero-order chi connectivity index (χ0) is 22.9. The molecule has 1 atom stereocenters. The van der Waals surface area contributed by atoms with Gasteiger partial charge in [0.2, 0.25) is 15.9 Å². The van der Waals surface area contributed by atoms with Crippen LogP contribution in [0.1, 0.15) is 44.2 Å². The summed E-state index contributed by atoms with van der Waals surface area (Å²) in [5.74, 6) is 0.591. The molecule has 2 rings (SSSR count). The summed E-state index contributed by atoms with van der Waals surface area (Å²) in [6, 6.07) is 14.3. The fourth-order valence-corrected chi connectivity index (χ4v) is 4.64. The van der Waals surface area contributed by atoms with Gasteiger partial charge < -0.3 is 10.1 Å². The quantitative estimate of drug-likeness (QED) is 0.499. The molecule has 1 amide bonds. The average molecular weight is 447 g/mol. The van der Waals surface area contributed by atoms with Crippen molar-refractivity contribution in [2.24, 2.45) is 0 Å². The highest BCUT2D eigenvalue weighted by atomic mass is 32.2. The number of carbonyl (C=O) groups excluding carboxylic acids is 1. The molecule has 0 fully saturated rings. The number of hydrogen-bond donors (Lipinski definition) is 1. The molecule has 1 N–H and O–H groups in total. The van der Waals surface area contributed by atoms with Gasteiger partial charge in [-0.2, -0.15) is 0 Å². The van der Waals surface area contributed by atoms with Crippen LogP contribution < -0.4 is 14.4 Å². The zero-order valence-electron chi connectivity index (χ0n) is 18.9. The molecule has 0 radical (unpaired) electrons. The summed E-state index contributed by atoms with van der Waals surface area (Å²) in [7, 11) is -3.62. The van der Waals surface area contributed by atoms with Crippen LogP contribution in [0.4, 0.5) is 5.69 Å². The van der Waals surface area contributed by atoms with E-state index in [0.717, 1.165) is 42.4 Å². The van der Waals surface area contributed by atoms with Crippen LogP contribution in [-0.4, -0.2) is 39.8 Å². The molecule has 2 aromatic carbocycles. The van der Waals surface area contributed by atoms with Crippen LogP contribution in [0.5, 0.6) is 5.75 Å². The Bertz CT molecular complexity index is 942. The molecule has 0 aliphatic heterocycles. The number of aryl methyl sites for hydroxylation is 2. The lowest BCUT2D eigenvalue weighted by Gasteiger charge is -2.30. The number of carbonyl (C=O) groups is 1. The van der Waals surface area contributed by atoms with E-state index < -0.39 is 16.1 Å². The van der Waals surface area contributed by atoms with E-state index in [2.05, 4.69) is 12.2 Å². The molecule has 2 aromatic rings. The maximum Gasteiger partial charge on any atom is 0.243 e. The monoisotopic (exact) mass is 446 g/mol. The number of nitrogens with one attached hydrogen (secondary N) is 1. The van der Waals surface area contributed by atoms with Crippen LogP contribution in [0.3, 0.4) is 0 Å². The van der Waals surface area contributed by atoms with Gasteiger partial charge in [-0.3, -0.25) is 9.10 Å². The van der Waals surface area contributed by atoms with Crippen LogP contribution in [0.2, 0.25) is 0 Å². The number of amides is 1. The van der Waals surface area contributed by atoms with Gasteiger partial charge in [0.05, 0.1) is 18.6 Å². The number of anilines is 1. The molecule has 0 unspecified atom stereocenters. The van der Waals surface area contributed by atoms with E-state index in [0.29, 0.717) is 25.3 Å². The second-order valence-electron chi connectivity index (χ2n) is 7.67. The highest BCUT2D eigenvalue weighted by Crippen LogP contribution is 2.23. The molecule has 0 spiro atoms. The molecular formula is C24H34N2O4S. The number of ether oxygens (including phenoxy) is 1. The predicted molar refractivity (Wildman–Crippen MR) is 126 cm³/mol. The molecular weight excluding hydrogens is 412 g/mol. The molecule has 170 valence electrons. The average Bonchev–Trinajstić information content (AvgIpc) is 2.74. The van der Waals surface area contributed by atoms with Crippen LogP contribution in [0.15, 0.2) is 48.5 Å². The Morgan fingerprint density at radius 1 is 1.10 bits per heavy atom. The fourth-order valence-electron chi connectivity index (χ4n) is 3.42. The van der Waals surface area contributed by atoms with Crippen LogP contribution in [0, 0.1) is 6.92 Å². The van der Waals surface area contributed by atoms with Crippen molar-refractivity contribution in [1.82, 2.24) is 5.32 Å². The van der Waals surface area contributed by atoms with Crippen molar-refractivity contribution < 1.29 is 17.9 Å². The van der Waals surface area contributed by atoms with Crippen molar-refractivity contribution in [3.63, 3.8) is 0 Å². The third kappa shape index (κ3) is 7.28. The first-order valence-electron chi connectivity index (χ1n) is 10.8. The second-order valence-corrected chi connectivity index (χ2v) is 9.53. The van der Waals surface area contributed by atoms with Crippen molar-refractivity contribution in [3.05, 3.63) is 59.7 Å². The van der Waals surface area contributed by atoms with Gasteiger partial charge in [0, 0.05) is 6.54 Å². The van der Waals surface area contributed by atoms with Gasteiger partial charge in [0.15, 0.2) is 0 Å². The van der Waals surface area contributed by atoms with Gasteiger partial charge in [0.1, 0.15) is 11.8 Å². The Hall–Kier alpha value is -2.54. The largest absolute Gasteiger partial charge is 0.493 e. The summed E-state index contributed by atoms with van der Waals surface area (Å²) in [5, 5.41) is 2.91. The van der Waals surface area contributed by atoms with E-state index >= 15 is 0 Å². The minimum atomic E-state index is -3.62. The Kier molecular flexibility index (Phi) is 9.37. The van der Waals surface area contributed by atoms with Crippen molar-refractivity contribution in [2.75, 3.05) is 23.7 Å². The molecule has 0 aliphatic rings. The highest BCUT2D eigenvalue weighted by molar-refractivity contribution is 7.92. The van der Waals surface area contributed by atoms with Gasteiger partial charge in [-0.15, -0.1) is 0 Å². The Morgan fingerprint density at radius 3 is 2.39 bits per heavy atom. The highest BCUT2D eigenvalue weighted by Gasteiger charge is 2.31. The first kappa shape index (κ1) is 24.7. The number of nitrogens with zero attached hydrogens (tertiary/aromatic N) is 1. The number of benzene rings is 2. The molecule has 6 nitrogen and oxygen atoms in total. The zero-order valence-corrected chi connectivity index (χ0v) is 19.7. The van der Waals surface area contributed by atoms with E-state index in [-0.39, 0.29) is 5.91 Å². The fraction of sp³-hybridized carbons (Fsp3) is 0.458. The van der Waals surface area contributed by atoms with Crippen molar-refractivity contribution in [3.8, 4) is 5.75 Å². The van der Waals surface area contributed by atoms with Gasteiger partial charge in [0.25, 0.3) is 0 Å². The minimum absolute atomic E-state index is 0.288. The lowest BCUT2D eigenvalue weighted by atomic mass is 10.1. The van der Waals surface area contributed by atoms with E-state index in [1.165, 1.54) is 4.31 Å². The van der Waals surface area contributed by atoms with Crippen LogP contribution in [-0.2, 0) is 21.2 Å². The smallest absolute Gasteiger partial charge is 0.243 e. The number of para-hydroxylation sites is 1. The lowest BCUT2D eigenvalue weighted by Crippen LogP contribution is -2.49. The predicted octanol–water partition coefficient (Wildman–Crippen LogP) is 4.08. The third-order valence-corrected chi connectivity index (χ3v) is 6.15. The van der Waals surface area contributed by atoms with E-state index in [9.17, 15) is 13.2 Å². The summed E-state index contributed by atoms with van der Waals surface area (Å²) in [4.78, 5) is 12.9. The molecule has 0 bridgehead atoms. The topological polar surface area (TPSA) is 75.7 Å². The molecule has 0 saturated heterocycles. The Balaban J connectivity index is 2.01. The number of rotatable bonds is 12. The summed E-state index contributed by atoms with van der Waals surface area (Å²) >= 11 is 0. The van der Waals surface area contributed by atoms with Crippen LogP contribution >= 0.6 is 0 Å². The molecule has 0 heterocycles. The van der Waals surface area contributed by atoms with Gasteiger partial charge in [-0.05, 0) is 56.4 Å². The SMILES string of the molecule is CCCOc1ccccc1CCCNC(=O)[C@H](CC)N(c1ccc(C)cc1)S(C)(=O)=O. The Morgan fingerprint density at radius 2 is 1.77 bits per heavy atom. The molecule has 7 heteroatoms. The van der Waals surface area contributed by atoms with Crippen molar-refractivity contribution in [2.45, 2.75) is 52.5 Å². The first-order valence-corrected chi connectivity index (χ1v) is 12.7. The molecule has 0 saturated carbocycles. The summed E-state index contributed by atoms with van der Waals surface area (Å²) in [5.41, 5.74) is 2.63. The van der Waals surface area contributed by atoms with Crippen molar-refractivity contribution in [1.29, 1.82) is 0 Å². The summed E-state index contributed by atoms with van der Waals surface area (Å²) in [6.07, 6.45) is 3.96. The summed E-state index contributed by atoms with van der Waals surface area (Å²) in [6.45, 7) is 6.95. The molecule has 31 heavy (non-hydrogen) atoms. The maximum absolute atomic E-state index is 12.9. The lowest BCUT2D eigenvalue weighted by molar-refractivity contribution is -0.122. The van der Waals surface area contributed by atoms with E-state index in [1.807, 2.05) is 50.2 Å². The normalized spacial score (nSPS) is 12.3. The maximum atomic E-state index is 12.9.